The molecule has 2 aromatic rings. The van der Waals surface area contributed by atoms with Crippen molar-refractivity contribution in [1.29, 1.82) is 0 Å². The van der Waals surface area contributed by atoms with Crippen molar-refractivity contribution in [2.24, 2.45) is 5.92 Å². The standard InChI is InChI=1S/C23H25NO2/c1-13-8-9-20-19(10-13)17-6-5-7-18(17)22(24-20)21-14(2)11-16(12-15(21)3)23(25)26-4/h5-6,8-12,17-18,22,24H,7H2,1-4H3/t17-,18+,22+/m1/s1. The number of fused-ring (bicyclic) bond motifs is 3. The molecule has 0 saturated carbocycles. The van der Waals surface area contributed by atoms with Crippen LogP contribution in [0.1, 0.15) is 56.6 Å². The maximum Gasteiger partial charge on any atom is 0.337 e. The van der Waals surface area contributed by atoms with E-state index < -0.39 is 0 Å². The molecular weight excluding hydrogens is 322 g/mol. The summed E-state index contributed by atoms with van der Waals surface area (Å²) in [7, 11) is 1.43. The molecule has 3 nitrogen and oxygen atoms in total. The van der Waals surface area contributed by atoms with E-state index in [4.69, 9.17) is 4.74 Å². The first-order valence-corrected chi connectivity index (χ1v) is 9.23. The van der Waals surface area contributed by atoms with Crippen molar-refractivity contribution < 1.29 is 9.53 Å². The normalized spacial score (nSPS) is 23.2. The Labute approximate surface area is 155 Å². The number of rotatable bonds is 2. The smallest absolute Gasteiger partial charge is 0.337 e. The van der Waals surface area contributed by atoms with Gasteiger partial charge in [0.1, 0.15) is 0 Å². The zero-order valence-electron chi connectivity index (χ0n) is 15.8. The predicted molar refractivity (Wildman–Crippen MR) is 105 cm³/mol. The van der Waals surface area contributed by atoms with E-state index in [1.54, 1.807) is 0 Å². The van der Waals surface area contributed by atoms with Crippen LogP contribution in [0.15, 0.2) is 42.5 Å². The van der Waals surface area contributed by atoms with Gasteiger partial charge in [-0.25, -0.2) is 4.79 Å². The summed E-state index contributed by atoms with van der Waals surface area (Å²) in [5, 5.41) is 3.80. The second-order valence-corrected chi connectivity index (χ2v) is 7.58. The van der Waals surface area contributed by atoms with Gasteiger partial charge in [-0.1, -0.05) is 29.8 Å². The number of methoxy groups -OCH3 is 1. The average Bonchev–Trinajstić information content (AvgIpc) is 3.11. The number of allylic oxidation sites excluding steroid dienone is 2. The fourth-order valence-electron chi connectivity index (χ4n) is 4.70. The van der Waals surface area contributed by atoms with E-state index in [0.717, 1.165) is 17.5 Å². The summed E-state index contributed by atoms with van der Waals surface area (Å²) in [5.41, 5.74) is 8.15. The van der Waals surface area contributed by atoms with Gasteiger partial charge in [0, 0.05) is 11.6 Å². The van der Waals surface area contributed by atoms with E-state index in [2.05, 4.69) is 56.4 Å². The third-order valence-electron chi connectivity index (χ3n) is 5.84. The first-order valence-electron chi connectivity index (χ1n) is 9.23. The first kappa shape index (κ1) is 16.9. The molecule has 26 heavy (non-hydrogen) atoms. The highest BCUT2D eigenvalue weighted by Crippen LogP contribution is 2.50. The summed E-state index contributed by atoms with van der Waals surface area (Å²) >= 11 is 0. The molecule has 0 unspecified atom stereocenters. The molecule has 0 bridgehead atoms. The molecule has 3 heteroatoms. The van der Waals surface area contributed by atoms with Crippen LogP contribution in [0.2, 0.25) is 0 Å². The Hall–Kier alpha value is -2.55. The number of benzene rings is 2. The van der Waals surface area contributed by atoms with Crippen LogP contribution in [-0.2, 0) is 4.74 Å². The van der Waals surface area contributed by atoms with Gasteiger partial charge in [-0.05, 0) is 73.6 Å². The van der Waals surface area contributed by atoms with E-state index in [1.807, 2.05) is 12.1 Å². The minimum Gasteiger partial charge on any atom is -0.465 e. The fraction of sp³-hybridized carbons (Fsp3) is 0.348. The Morgan fingerprint density at radius 1 is 1.12 bits per heavy atom. The minimum absolute atomic E-state index is 0.247. The highest BCUT2D eigenvalue weighted by atomic mass is 16.5. The van der Waals surface area contributed by atoms with Crippen molar-refractivity contribution in [2.45, 2.75) is 39.2 Å². The van der Waals surface area contributed by atoms with Crippen molar-refractivity contribution in [3.63, 3.8) is 0 Å². The van der Waals surface area contributed by atoms with Crippen LogP contribution in [-0.4, -0.2) is 13.1 Å². The summed E-state index contributed by atoms with van der Waals surface area (Å²) in [6.45, 7) is 6.34. The number of carbonyl (C=O) groups excluding carboxylic acids is 1. The van der Waals surface area contributed by atoms with E-state index in [9.17, 15) is 4.79 Å². The van der Waals surface area contributed by atoms with E-state index in [-0.39, 0.29) is 12.0 Å². The molecule has 3 atom stereocenters. The van der Waals surface area contributed by atoms with Gasteiger partial charge in [0.25, 0.3) is 0 Å². The zero-order chi connectivity index (χ0) is 18.4. The van der Waals surface area contributed by atoms with Crippen molar-refractivity contribution in [3.05, 3.63) is 75.9 Å². The van der Waals surface area contributed by atoms with Gasteiger partial charge >= 0.3 is 5.97 Å². The fourth-order valence-corrected chi connectivity index (χ4v) is 4.70. The average molecular weight is 347 g/mol. The van der Waals surface area contributed by atoms with Crippen LogP contribution in [0.25, 0.3) is 0 Å². The largest absolute Gasteiger partial charge is 0.465 e. The Morgan fingerprint density at radius 3 is 2.54 bits per heavy atom. The van der Waals surface area contributed by atoms with Gasteiger partial charge in [-0.3, -0.25) is 0 Å². The third kappa shape index (κ3) is 2.63. The van der Waals surface area contributed by atoms with Crippen molar-refractivity contribution in [1.82, 2.24) is 0 Å². The van der Waals surface area contributed by atoms with Crippen LogP contribution < -0.4 is 5.32 Å². The molecule has 0 spiro atoms. The van der Waals surface area contributed by atoms with E-state index in [0.29, 0.717) is 17.4 Å². The number of aryl methyl sites for hydroxylation is 3. The molecule has 1 N–H and O–H groups in total. The van der Waals surface area contributed by atoms with E-state index >= 15 is 0 Å². The molecule has 1 aliphatic heterocycles. The van der Waals surface area contributed by atoms with Gasteiger partial charge < -0.3 is 10.1 Å². The summed E-state index contributed by atoms with van der Waals surface area (Å²) in [6.07, 6.45) is 5.76. The predicted octanol–water partition coefficient (Wildman–Crippen LogP) is 5.22. The Morgan fingerprint density at radius 2 is 1.85 bits per heavy atom. The number of nitrogens with one attached hydrogen (secondary N) is 1. The lowest BCUT2D eigenvalue weighted by molar-refractivity contribution is 0.0600. The Kier molecular flexibility index (Phi) is 4.10. The summed E-state index contributed by atoms with van der Waals surface area (Å²) in [6, 6.07) is 10.8. The Balaban J connectivity index is 1.79. The topological polar surface area (TPSA) is 38.3 Å². The molecule has 0 saturated heterocycles. The second-order valence-electron chi connectivity index (χ2n) is 7.58. The van der Waals surface area contributed by atoms with Gasteiger partial charge in [0.15, 0.2) is 0 Å². The molecule has 0 fully saturated rings. The third-order valence-corrected chi connectivity index (χ3v) is 5.84. The lowest BCUT2D eigenvalue weighted by Gasteiger charge is -2.39. The van der Waals surface area contributed by atoms with Gasteiger partial charge in [-0.15, -0.1) is 0 Å². The van der Waals surface area contributed by atoms with Crippen LogP contribution in [0.5, 0.6) is 0 Å². The Bertz CT molecular complexity index is 889. The summed E-state index contributed by atoms with van der Waals surface area (Å²) in [4.78, 5) is 11.9. The molecule has 0 amide bonds. The number of esters is 1. The second kappa shape index (κ2) is 6.31. The van der Waals surface area contributed by atoms with Crippen LogP contribution in [0, 0.1) is 26.7 Å². The number of hydrogen-bond donors (Lipinski definition) is 1. The van der Waals surface area contributed by atoms with Gasteiger partial charge in [0.05, 0.1) is 18.7 Å². The molecule has 1 heterocycles. The maximum absolute atomic E-state index is 11.9. The number of carbonyl (C=O) groups is 1. The van der Waals surface area contributed by atoms with Gasteiger partial charge in [-0.2, -0.15) is 0 Å². The molecule has 2 aliphatic rings. The lowest BCUT2D eigenvalue weighted by Crippen LogP contribution is -2.30. The summed E-state index contributed by atoms with van der Waals surface area (Å²) in [5.74, 6) is 0.682. The molecule has 1 aliphatic carbocycles. The maximum atomic E-state index is 11.9. The highest BCUT2D eigenvalue weighted by Gasteiger charge is 2.39. The van der Waals surface area contributed by atoms with Crippen LogP contribution >= 0.6 is 0 Å². The van der Waals surface area contributed by atoms with Crippen LogP contribution in [0.4, 0.5) is 5.69 Å². The molecular formula is C23H25NO2. The quantitative estimate of drug-likeness (QED) is 0.597. The lowest BCUT2D eigenvalue weighted by atomic mass is 9.75. The number of ether oxygens (including phenoxy) is 1. The first-order chi connectivity index (χ1) is 12.5. The molecule has 134 valence electrons. The number of anilines is 1. The van der Waals surface area contributed by atoms with Crippen LogP contribution in [0.3, 0.4) is 0 Å². The molecule has 4 rings (SSSR count). The SMILES string of the molecule is COC(=O)c1cc(C)c([C@H]2Nc3ccc(C)cc3[C@@H]3C=CC[C@H]23)c(C)c1. The highest BCUT2D eigenvalue weighted by molar-refractivity contribution is 5.90. The number of hydrogen-bond acceptors (Lipinski definition) is 3. The molecule has 0 radical (unpaired) electrons. The van der Waals surface area contributed by atoms with Crippen molar-refractivity contribution in [3.8, 4) is 0 Å². The van der Waals surface area contributed by atoms with Crippen molar-refractivity contribution >= 4 is 11.7 Å². The van der Waals surface area contributed by atoms with E-state index in [1.165, 1.54) is 29.5 Å². The summed E-state index contributed by atoms with van der Waals surface area (Å²) < 4.78 is 4.89. The van der Waals surface area contributed by atoms with Crippen molar-refractivity contribution in [2.75, 3.05) is 12.4 Å². The van der Waals surface area contributed by atoms with Gasteiger partial charge in [0.2, 0.25) is 0 Å². The minimum atomic E-state index is -0.277. The monoisotopic (exact) mass is 347 g/mol. The zero-order valence-corrected chi connectivity index (χ0v) is 15.8. The molecule has 2 aromatic carbocycles. The molecule has 0 aromatic heterocycles.